The van der Waals surface area contributed by atoms with E-state index in [0.29, 0.717) is 37.3 Å². The molecule has 0 atom stereocenters. The van der Waals surface area contributed by atoms with Gasteiger partial charge in [-0.3, -0.25) is 0 Å². The van der Waals surface area contributed by atoms with Crippen LogP contribution in [0.2, 0.25) is 0 Å². The Morgan fingerprint density at radius 3 is 1.50 bits per heavy atom. The molecule has 0 heterocycles. The number of benzene rings is 2. The second-order valence-corrected chi connectivity index (χ2v) is 6.02. The molecule has 0 aliphatic carbocycles. The molecular weight excluding hydrogens is 314 g/mol. The summed E-state index contributed by atoms with van der Waals surface area (Å²) >= 11 is 0. The van der Waals surface area contributed by atoms with Crippen molar-refractivity contribution in [3.8, 4) is 11.5 Å². The van der Waals surface area contributed by atoms with Crippen LogP contribution in [0.15, 0.2) is 36.4 Å². The van der Waals surface area contributed by atoms with E-state index in [1.165, 1.54) is 36.4 Å². The first-order chi connectivity index (χ1) is 11.3. The SMILES string of the molecule is CN(CCN(C)Cc1cc(F)ccc1O)Cc1cc(F)ccc1O. The zero-order valence-electron chi connectivity index (χ0n) is 13.8. The first-order valence-corrected chi connectivity index (χ1v) is 7.67. The normalized spacial score (nSPS) is 11.4. The highest BCUT2D eigenvalue weighted by atomic mass is 19.1. The van der Waals surface area contributed by atoms with Crippen LogP contribution < -0.4 is 0 Å². The summed E-state index contributed by atoms with van der Waals surface area (Å²) in [6.45, 7) is 2.18. The van der Waals surface area contributed by atoms with E-state index in [1.807, 2.05) is 23.9 Å². The minimum Gasteiger partial charge on any atom is -0.508 e. The second-order valence-electron chi connectivity index (χ2n) is 6.02. The summed E-state index contributed by atoms with van der Waals surface area (Å²) in [5.41, 5.74) is 1.06. The molecule has 2 rings (SSSR count). The molecule has 4 nitrogen and oxygen atoms in total. The summed E-state index contributed by atoms with van der Waals surface area (Å²) in [4.78, 5) is 3.91. The van der Waals surface area contributed by atoms with Gasteiger partial charge in [-0.2, -0.15) is 0 Å². The van der Waals surface area contributed by atoms with Crippen molar-refractivity contribution in [3.05, 3.63) is 59.2 Å². The van der Waals surface area contributed by atoms with E-state index >= 15 is 0 Å². The highest BCUT2D eigenvalue weighted by Gasteiger charge is 2.10. The fraction of sp³-hybridized carbons (Fsp3) is 0.333. The predicted molar refractivity (Wildman–Crippen MR) is 88.8 cm³/mol. The molecule has 0 saturated carbocycles. The summed E-state index contributed by atoms with van der Waals surface area (Å²) in [5.74, 6) is -0.618. The largest absolute Gasteiger partial charge is 0.508 e. The Kier molecular flexibility index (Phi) is 6.11. The number of likely N-dealkylation sites (N-methyl/N-ethyl adjacent to an activating group) is 2. The van der Waals surface area contributed by atoms with Gasteiger partial charge < -0.3 is 20.0 Å². The maximum absolute atomic E-state index is 13.2. The van der Waals surface area contributed by atoms with E-state index in [2.05, 4.69) is 0 Å². The molecule has 2 aromatic carbocycles. The summed E-state index contributed by atoms with van der Waals surface area (Å²) in [6, 6.07) is 7.77. The number of halogens is 2. The van der Waals surface area contributed by atoms with Crippen LogP contribution >= 0.6 is 0 Å². The molecule has 0 saturated heterocycles. The van der Waals surface area contributed by atoms with Gasteiger partial charge in [0.25, 0.3) is 0 Å². The zero-order valence-corrected chi connectivity index (χ0v) is 13.8. The number of nitrogens with zero attached hydrogens (tertiary/aromatic N) is 2. The quantitative estimate of drug-likeness (QED) is 0.816. The van der Waals surface area contributed by atoms with Crippen LogP contribution in [0.5, 0.6) is 11.5 Å². The number of rotatable bonds is 7. The lowest BCUT2D eigenvalue weighted by Gasteiger charge is -2.22. The predicted octanol–water partition coefficient (Wildman–Crippen LogP) is 2.94. The molecule has 6 heteroatoms. The molecule has 0 spiro atoms. The molecule has 130 valence electrons. The lowest BCUT2D eigenvalue weighted by atomic mass is 10.1. The summed E-state index contributed by atoms with van der Waals surface area (Å²) in [6.07, 6.45) is 0. The number of phenolic OH excluding ortho intramolecular Hbond substituents is 2. The van der Waals surface area contributed by atoms with E-state index in [0.717, 1.165) is 0 Å². The van der Waals surface area contributed by atoms with Crippen molar-refractivity contribution in [2.45, 2.75) is 13.1 Å². The third-order valence-corrected chi connectivity index (χ3v) is 3.83. The van der Waals surface area contributed by atoms with Crippen LogP contribution in [0.4, 0.5) is 8.78 Å². The van der Waals surface area contributed by atoms with Gasteiger partial charge in [-0.05, 0) is 50.5 Å². The number of hydrogen-bond acceptors (Lipinski definition) is 4. The molecule has 0 radical (unpaired) electrons. The van der Waals surface area contributed by atoms with Crippen molar-refractivity contribution in [2.75, 3.05) is 27.2 Å². The fourth-order valence-corrected chi connectivity index (χ4v) is 2.44. The first kappa shape index (κ1) is 18.2. The van der Waals surface area contributed by atoms with Gasteiger partial charge in [-0.1, -0.05) is 0 Å². The highest BCUT2D eigenvalue weighted by molar-refractivity contribution is 5.33. The van der Waals surface area contributed by atoms with Crippen molar-refractivity contribution in [1.82, 2.24) is 9.80 Å². The van der Waals surface area contributed by atoms with Crippen LogP contribution in [0.3, 0.4) is 0 Å². The Bertz CT molecular complexity index is 635. The monoisotopic (exact) mass is 336 g/mol. The first-order valence-electron chi connectivity index (χ1n) is 7.67. The van der Waals surface area contributed by atoms with Gasteiger partial charge in [-0.25, -0.2) is 8.78 Å². The molecular formula is C18H22F2N2O2. The molecule has 0 aliphatic rings. The Balaban J connectivity index is 1.85. The smallest absolute Gasteiger partial charge is 0.123 e. The van der Waals surface area contributed by atoms with Crippen molar-refractivity contribution in [1.29, 1.82) is 0 Å². The van der Waals surface area contributed by atoms with E-state index in [1.54, 1.807) is 0 Å². The third-order valence-electron chi connectivity index (χ3n) is 3.83. The van der Waals surface area contributed by atoms with E-state index < -0.39 is 0 Å². The standard InChI is InChI=1S/C18H22F2N2O2/c1-21(11-13-9-15(19)3-5-17(13)23)7-8-22(2)12-14-10-16(20)4-6-18(14)24/h3-6,9-10,23-24H,7-8,11-12H2,1-2H3. The molecule has 0 aromatic heterocycles. The molecule has 0 unspecified atom stereocenters. The molecule has 2 aromatic rings. The summed E-state index contributed by atoms with van der Waals surface area (Å²) in [5, 5.41) is 19.5. The van der Waals surface area contributed by atoms with Gasteiger partial charge in [0.05, 0.1) is 0 Å². The molecule has 0 fully saturated rings. The van der Waals surface area contributed by atoms with Crippen LogP contribution in [0.25, 0.3) is 0 Å². The molecule has 0 bridgehead atoms. The minimum absolute atomic E-state index is 0.0706. The molecule has 2 N–H and O–H groups in total. The average molecular weight is 336 g/mol. The Morgan fingerprint density at radius 2 is 1.12 bits per heavy atom. The fourth-order valence-electron chi connectivity index (χ4n) is 2.44. The van der Waals surface area contributed by atoms with Crippen molar-refractivity contribution in [2.24, 2.45) is 0 Å². The Hall–Kier alpha value is -2.18. The summed E-state index contributed by atoms with van der Waals surface area (Å²) in [7, 11) is 3.75. The third kappa shape index (κ3) is 5.18. The van der Waals surface area contributed by atoms with Gasteiger partial charge in [0.2, 0.25) is 0 Å². The topological polar surface area (TPSA) is 46.9 Å². The number of phenols is 2. The summed E-state index contributed by atoms with van der Waals surface area (Å²) < 4.78 is 26.5. The van der Waals surface area contributed by atoms with E-state index in [-0.39, 0.29) is 23.1 Å². The maximum Gasteiger partial charge on any atom is 0.123 e. The van der Waals surface area contributed by atoms with Gasteiger partial charge in [0.15, 0.2) is 0 Å². The van der Waals surface area contributed by atoms with Gasteiger partial charge >= 0.3 is 0 Å². The van der Waals surface area contributed by atoms with Gasteiger partial charge in [0.1, 0.15) is 23.1 Å². The van der Waals surface area contributed by atoms with Gasteiger partial charge in [0, 0.05) is 37.3 Å². The van der Waals surface area contributed by atoms with Crippen molar-refractivity contribution < 1.29 is 19.0 Å². The number of hydrogen-bond donors (Lipinski definition) is 2. The highest BCUT2D eigenvalue weighted by Crippen LogP contribution is 2.20. The Labute approximate surface area is 140 Å². The van der Waals surface area contributed by atoms with Crippen LogP contribution in [-0.2, 0) is 13.1 Å². The number of aromatic hydroxyl groups is 2. The Morgan fingerprint density at radius 1 is 0.750 bits per heavy atom. The van der Waals surface area contributed by atoms with Crippen molar-refractivity contribution in [3.63, 3.8) is 0 Å². The second kappa shape index (κ2) is 8.08. The lowest BCUT2D eigenvalue weighted by molar-refractivity contribution is 0.243. The average Bonchev–Trinajstić information content (AvgIpc) is 2.52. The van der Waals surface area contributed by atoms with Crippen LogP contribution in [0.1, 0.15) is 11.1 Å². The van der Waals surface area contributed by atoms with E-state index in [4.69, 9.17) is 0 Å². The molecule has 24 heavy (non-hydrogen) atoms. The van der Waals surface area contributed by atoms with Gasteiger partial charge in [-0.15, -0.1) is 0 Å². The minimum atomic E-state index is -0.380. The van der Waals surface area contributed by atoms with E-state index in [9.17, 15) is 19.0 Å². The molecule has 0 amide bonds. The van der Waals surface area contributed by atoms with Crippen LogP contribution in [0, 0.1) is 11.6 Å². The van der Waals surface area contributed by atoms with Crippen molar-refractivity contribution >= 4 is 0 Å². The lowest BCUT2D eigenvalue weighted by Crippen LogP contribution is -2.30. The van der Waals surface area contributed by atoms with Crippen LogP contribution in [-0.4, -0.2) is 47.2 Å². The maximum atomic E-state index is 13.2. The zero-order chi connectivity index (χ0) is 17.7. The molecule has 0 aliphatic heterocycles.